The van der Waals surface area contributed by atoms with Crippen LogP contribution in [0, 0.1) is 13.8 Å². The van der Waals surface area contributed by atoms with Gasteiger partial charge in [-0.1, -0.05) is 0 Å². The predicted molar refractivity (Wildman–Crippen MR) is 54.5 cm³/mol. The standard InChI is InChI=1S/C11H15NO/c1-7-4-10-11(5-8(7)2)13-6-9(3)12-10/h4-5,9,12H,6H2,1-3H3. The molecule has 1 atom stereocenters. The highest BCUT2D eigenvalue weighted by atomic mass is 16.5. The van der Waals surface area contributed by atoms with Gasteiger partial charge < -0.3 is 10.1 Å². The van der Waals surface area contributed by atoms with Crippen molar-refractivity contribution in [1.29, 1.82) is 0 Å². The number of ether oxygens (including phenoxy) is 1. The van der Waals surface area contributed by atoms with Crippen LogP contribution < -0.4 is 10.1 Å². The van der Waals surface area contributed by atoms with Crippen LogP contribution >= 0.6 is 0 Å². The third-order valence-corrected chi connectivity index (χ3v) is 2.49. The first-order chi connectivity index (χ1) is 6.16. The maximum atomic E-state index is 5.61. The largest absolute Gasteiger partial charge is 0.489 e. The summed E-state index contributed by atoms with van der Waals surface area (Å²) in [5.41, 5.74) is 3.72. The normalized spacial score (nSPS) is 20.1. The van der Waals surface area contributed by atoms with Crippen LogP contribution in [0.25, 0.3) is 0 Å². The third kappa shape index (κ3) is 1.48. The molecule has 0 amide bonds. The van der Waals surface area contributed by atoms with Gasteiger partial charge in [0, 0.05) is 0 Å². The van der Waals surface area contributed by atoms with Crippen LogP contribution in [0.1, 0.15) is 18.1 Å². The van der Waals surface area contributed by atoms with Crippen LogP contribution in [-0.2, 0) is 0 Å². The molecular formula is C11H15NO. The highest BCUT2D eigenvalue weighted by molar-refractivity contribution is 5.61. The zero-order valence-electron chi connectivity index (χ0n) is 8.35. The maximum Gasteiger partial charge on any atom is 0.142 e. The number of hydrogen-bond acceptors (Lipinski definition) is 2. The lowest BCUT2D eigenvalue weighted by molar-refractivity contribution is 0.291. The summed E-state index contributed by atoms with van der Waals surface area (Å²) in [5.74, 6) is 0.987. The lowest BCUT2D eigenvalue weighted by Gasteiger charge is -2.25. The van der Waals surface area contributed by atoms with Gasteiger partial charge in [0.05, 0.1) is 11.7 Å². The molecule has 70 valence electrons. The molecule has 1 N–H and O–H groups in total. The number of anilines is 1. The van der Waals surface area contributed by atoms with Crippen molar-refractivity contribution < 1.29 is 4.74 Å². The molecule has 2 nitrogen and oxygen atoms in total. The molecule has 0 bridgehead atoms. The predicted octanol–water partition coefficient (Wildman–Crippen LogP) is 2.50. The Hall–Kier alpha value is -1.18. The lowest BCUT2D eigenvalue weighted by atomic mass is 10.1. The number of hydrogen-bond donors (Lipinski definition) is 1. The quantitative estimate of drug-likeness (QED) is 0.657. The summed E-state index contributed by atoms with van der Waals surface area (Å²) in [6, 6.07) is 4.67. The van der Waals surface area contributed by atoms with Gasteiger partial charge in [0.15, 0.2) is 0 Å². The van der Waals surface area contributed by atoms with Crippen LogP contribution in [0.5, 0.6) is 5.75 Å². The second kappa shape index (κ2) is 2.95. The number of nitrogens with one attached hydrogen (secondary N) is 1. The lowest BCUT2D eigenvalue weighted by Crippen LogP contribution is -2.28. The summed E-state index contributed by atoms with van der Waals surface area (Å²) in [6.07, 6.45) is 0. The van der Waals surface area contributed by atoms with E-state index in [1.54, 1.807) is 0 Å². The molecule has 0 saturated heterocycles. The zero-order valence-corrected chi connectivity index (χ0v) is 8.35. The summed E-state index contributed by atoms with van der Waals surface area (Å²) < 4.78 is 5.61. The Bertz CT molecular complexity index is 333. The molecule has 1 aliphatic heterocycles. The Balaban J connectivity index is 2.43. The van der Waals surface area contributed by atoms with Crippen LogP contribution in [0.2, 0.25) is 0 Å². The molecule has 0 spiro atoms. The van der Waals surface area contributed by atoms with Gasteiger partial charge in [-0.3, -0.25) is 0 Å². The molecule has 1 unspecified atom stereocenters. The topological polar surface area (TPSA) is 21.3 Å². The molecule has 0 fully saturated rings. The van der Waals surface area contributed by atoms with Gasteiger partial charge in [0.25, 0.3) is 0 Å². The van der Waals surface area contributed by atoms with Gasteiger partial charge >= 0.3 is 0 Å². The fourth-order valence-electron chi connectivity index (χ4n) is 1.54. The van der Waals surface area contributed by atoms with Crippen molar-refractivity contribution in [2.24, 2.45) is 0 Å². The molecule has 1 aromatic carbocycles. The van der Waals surface area contributed by atoms with E-state index in [4.69, 9.17) is 4.74 Å². The molecule has 0 radical (unpaired) electrons. The van der Waals surface area contributed by atoms with Crippen LogP contribution in [0.15, 0.2) is 12.1 Å². The minimum atomic E-state index is 0.412. The third-order valence-electron chi connectivity index (χ3n) is 2.49. The molecule has 0 saturated carbocycles. The summed E-state index contributed by atoms with van der Waals surface area (Å²) in [6.45, 7) is 7.11. The smallest absolute Gasteiger partial charge is 0.142 e. The Morgan fingerprint density at radius 2 is 2.00 bits per heavy atom. The van der Waals surface area contributed by atoms with E-state index in [0.717, 1.165) is 18.0 Å². The van der Waals surface area contributed by atoms with Crippen LogP contribution in [0.4, 0.5) is 5.69 Å². The SMILES string of the molecule is Cc1cc2c(cc1C)OCC(C)N2. The number of rotatable bonds is 0. The molecule has 1 aliphatic rings. The van der Waals surface area contributed by atoms with Gasteiger partial charge in [-0.2, -0.15) is 0 Å². The minimum absolute atomic E-state index is 0.412. The van der Waals surface area contributed by atoms with Crippen molar-refractivity contribution in [2.75, 3.05) is 11.9 Å². The summed E-state index contributed by atoms with van der Waals surface area (Å²) in [4.78, 5) is 0. The van der Waals surface area contributed by atoms with Crippen molar-refractivity contribution in [1.82, 2.24) is 0 Å². The van der Waals surface area contributed by atoms with E-state index in [0.29, 0.717) is 6.04 Å². The second-order valence-electron chi connectivity index (χ2n) is 3.79. The number of fused-ring (bicyclic) bond motifs is 1. The molecule has 2 heteroatoms. The molecule has 13 heavy (non-hydrogen) atoms. The van der Waals surface area contributed by atoms with E-state index in [-0.39, 0.29) is 0 Å². The first-order valence-corrected chi connectivity index (χ1v) is 4.67. The second-order valence-corrected chi connectivity index (χ2v) is 3.79. The monoisotopic (exact) mass is 177 g/mol. The van der Waals surface area contributed by atoms with E-state index in [1.807, 2.05) is 0 Å². The molecule has 1 aromatic rings. The van der Waals surface area contributed by atoms with E-state index in [9.17, 15) is 0 Å². The minimum Gasteiger partial charge on any atom is -0.489 e. The van der Waals surface area contributed by atoms with E-state index in [1.165, 1.54) is 11.1 Å². The van der Waals surface area contributed by atoms with Crippen molar-refractivity contribution in [2.45, 2.75) is 26.8 Å². The van der Waals surface area contributed by atoms with E-state index >= 15 is 0 Å². The van der Waals surface area contributed by atoms with Gasteiger partial charge in [0.2, 0.25) is 0 Å². The molecule has 0 aromatic heterocycles. The average molecular weight is 177 g/mol. The van der Waals surface area contributed by atoms with Gasteiger partial charge in [-0.15, -0.1) is 0 Å². The average Bonchev–Trinajstić information content (AvgIpc) is 2.08. The first kappa shape index (κ1) is 8.42. The fourth-order valence-corrected chi connectivity index (χ4v) is 1.54. The van der Waals surface area contributed by atoms with Crippen molar-refractivity contribution in [3.63, 3.8) is 0 Å². The van der Waals surface area contributed by atoms with Crippen molar-refractivity contribution >= 4 is 5.69 Å². The highest BCUT2D eigenvalue weighted by Gasteiger charge is 2.15. The van der Waals surface area contributed by atoms with Crippen molar-refractivity contribution in [3.8, 4) is 5.75 Å². The van der Waals surface area contributed by atoms with Crippen molar-refractivity contribution in [3.05, 3.63) is 23.3 Å². The Labute approximate surface area is 78.9 Å². The van der Waals surface area contributed by atoms with Gasteiger partial charge in [-0.25, -0.2) is 0 Å². The maximum absolute atomic E-state index is 5.61. The number of benzene rings is 1. The molecule has 1 heterocycles. The summed E-state index contributed by atoms with van der Waals surface area (Å²) in [5, 5.41) is 3.40. The van der Waals surface area contributed by atoms with Gasteiger partial charge in [0.1, 0.15) is 12.4 Å². The van der Waals surface area contributed by atoms with E-state index in [2.05, 4.69) is 38.2 Å². The summed E-state index contributed by atoms with van der Waals surface area (Å²) in [7, 11) is 0. The number of aryl methyl sites for hydroxylation is 2. The van der Waals surface area contributed by atoms with E-state index < -0.39 is 0 Å². The van der Waals surface area contributed by atoms with Gasteiger partial charge in [-0.05, 0) is 44.0 Å². The first-order valence-electron chi connectivity index (χ1n) is 4.67. The summed E-state index contributed by atoms with van der Waals surface area (Å²) >= 11 is 0. The Morgan fingerprint density at radius 3 is 2.77 bits per heavy atom. The van der Waals surface area contributed by atoms with Crippen LogP contribution in [0.3, 0.4) is 0 Å². The van der Waals surface area contributed by atoms with Crippen LogP contribution in [-0.4, -0.2) is 12.6 Å². The Kier molecular flexibility index (Phi) is 1.91. The fraction of sp³-hybridized carbons (Fsp3) is 0.455. The molecule has 2 rings (SSSR count). The molecular weight excluding hydrogens is 162 g/mol. The molecule has 0 aliphatic carbocycles. The Morgan fingerprint density at radius 1 is 1.31 bits per heavy atom. The highest BCUT2D eigenvalue weighted by Crippen LogP contribution is 2.31. The zero-order chi connectivity index (χ0) is 9.42.